The summed E-state index contributed by atoms with van der Waals surface area (Å²) in [6, 6.07) is 18.8. The fourth-order valence-corrected chi connectivity index (χ4v) is 5.57. The van der Waals surface area contributed by atoms with Crippen molar-refractivity contribution in [3.05, 3.63) is 83.5 Å². The third-order valence-electron chi connectivity index (χ3n) is 6.27. The Kier molecular flexibility index (Phi) is 9.66. The number of amides is 1. The van der Waals surface area contributed by atoms with Gasteiger partial charge in [-0.05, 0) is 43.3 Å². The lowest BCUT2D eigenvalue weighted by Crippen LogP contribution is -2.40. The molecule has 1 amide bonds. The second-order valence-electron chi connectivity index (χ2n) is 9.06. The third-order valence-corrected chi connectivity index (χ3v) is 8.38. The van der Waals surface area contributed by atoms with Gasteiger partial charge in [0, 0.05) is 36.5 Å². The number of nitrogens with one attached hydrogen (secondary N) is 1. The maximum atomic E-state index is 13.4. The zero-order chi connectivity index (χ0) is 29.6. The van der Waals surface area contributed by atoms with E-state index in [4.69, 9.17) is 25.8 Å². The summed E-state index contributed by atoms with van der Waals surface area (Å²) < 4.78 is 45.5. The molecule has 0 aliphatic carbocycles. The van der Waals surface area contributed by atoms with Crippen molar-refractivity contribution in [2.24, 2.45) is 0 Å². The highest BCUT2D eigenvalue weighted by Gasteiger charge is 2.27. The van der Waals surface area contributed by atoms with Crippen LogP contribution in [0.25, 0.3) is 16.9 Å². The number of imidazole rings is 1. The van der Waals surface area contributed by atoms with Gasteiger partial charge in [0.15, 0.2) is 11.5 Å². The van der Waals surface area contributed by atoms with Gasteiger partial charge in [-0.2, -0.15) is 4.31 Å². The van der Waals surface area contributed by atoms with Gasteiger partial charge in [-0.1, -0.05) is 41.4 Å². The lowest BCUT2D eigenvalue weighted by atomic mass is 10.2. The molecule has 4 rings (SSSR count). The highest BCUT2D eigenvalue weighted by atomic mass is 35.5. The van der Waals surface area contributed by atoms with E-state index >= 15 is 0 Å². The molecule has 216 valence electrons. The minimum absolute atomic E-state index is 0.0136. The number of methoxy groups -OCH3 is 3. The van der Waals surface area contributed by atoms with Gasteiger partial charge in [-0.3, -0.25) is 14.7 Å². The van der Waals surface area contributed by atoms with Gasteiger partial charge >= 0.3 is 0 Å². The van der Waals surface area contributed by atoms with Gasteiger partial charge in [0.05, 0.1) is 43.6 Å². The van der Waals surface area contributed by atoms with Crippen molar-refractivity contribution >= 4 is 33.5 Å². The van der Waals surface area contributed by atoms with E-state index in [0.717, 1.165) is 15.4 Å². The number of sulfonamides is 1. The lowest BCUT2D eigenvalue weighted by molar-refractivity contribution is -0.116. The van der Waals surface area contributed by atoms with Gasteiger partial charge in [0.1, 0.15) is 0 Å². The van der Waals surface area contributed by atoms with Crippen LogP contribution < -0.4 is 14.8 Å². The number of aryl methyl sites for hydroxylation is 1. The molecular formula is C29H31ClN4O6S. The molecule has 1 heterocycles. The van der Waals surface area contributed by atoms with Crippen molar-refractivity contribution in [3.63, 3.8) is 0 Å². The first-order chi connectivity index (χ1) is 19.7. The predicted octanol–water partition coefficient (Wildman–Crippen LogP) is 4.79. The number of rotatable bonds is 12. The third kappa shape index (κ3) is 7.06. The first kappa shape index (κ1) is 30.1. The Morgan fingerprint density at radius 3 is 2.29 bits per heavy atom. The molecule has 0 fully saturated rings. The highest BCUT2D eigenvalue weighted by Crippen LogP contribution is 2.32. The van der Waals surface area contributed by atoms with E-state index in [2.05, 4.69) is 10.3 Å². The number of anilines is 1. The predicted molar refractivity (Wildman–Crippen MR) is 158 cm³/mol. The van der Waals surface area contributed by atoms with Crippen LogP contribution in [-0.4, -0.2) is 69.2 Å². The minimum atomic E-state index is -3.98. The van der Waals surface area contributed by atoms with Crippen LogP contribution in [0, 0.1) is 6.92 Å². The van der Waals surface area contributed by atoms with Gasteiger partial charge in [0.25, 0.3) is 0 Å². The Labute approximate surface area is 244 Å². The first-order valence-corrected chi connectivity index (χ1v) is 14.4. The Hall–Kier alpha value is -3.90. The summed E-state index contributed by atoms with van der Waals surface area (Å²) >= 11 is 6.06. The minimum Gasteiger partial charge on any atom is -0.493 e. The van der Waals surface area contributed by atoms with Crippen LogP contribution in [0.1, 0.15) is 5.56 Å². The molecule has 0 radical (unpaired) electrons. The number of ether oxygens (including phenoxy) is 3. The molecule has 10 nitrogen and oxygen atoms in total. The van der Waals surface area contributed by atoms with E-state index in [9.17, 15) is 13.2 Å². The SMILES string of the molecule is COCCN(CC(=O)Nc1nc(-c2ccc(Cl)cc2)cn1-c1ccc(OC)c(OC)c1)S(=O)(=O)c1ccc(C)cc1. The summed E-state index contributed by atoms with van der Waals surface area (Å²) in [7, 11) is 0.560. The van der Waals surface area contributed by atoms with E-state index in [1.807, 2.05) is 19.1 Å². The second kappa shape index (κ2) is 13.2. The average molecular weight is 599 g/mol. The Morgan fingerprint density at radius 1 is 0.976 bits per heavy atom. The Balaban J connectivity index is 1.68. The maximum absolute atomic E-state index is 13.4. The van der Waals surface area contributed by atoms with Gasteiger partial charge < -0.3 is 14.2 Å². The van der Waals surface area contributed by atoms with Crippen LogP contribution in [-0.2, 0) is 19.6 Å². The molecular weight excluding hydrogens is 568 g/mol. The summed E-state index contributed by atoms with van der Waals surface area (Å²) in [4.78, 5) is 18.1. The zero-order valence-electron chi connectivity index (χ0n) is 23.1. The molecule has 41 heavy (non-hydrogen) atoms. The van der Waals surface area contributed by atoms with E-state index in [-0.39, 0.29) is 24.0 Å². The van der Waals surface area contributed by atoms with Gasteiger partial charge in [0.2, 0.25) is 21.9 Å². The largest absolute Gasteiger partial charge is 0.493 e. The van der Waals surface area contributed by atoms with Gasteiger partial charge in [-0.25, -0.2) is 13.4 Å². The number of carbonyl (C=O) groups excluding carboxylic acids is 1. The number of halogens is 1. The Bertz CT molecular complexity index is 1610. The van der Waals surface area contributed by atoms with E-state index < -0.39 is 22.5 Å². The van der Waals surface area contributed by atoms with Crippen molar-refractivity contribution in [1.29, 1.82) is 0 Å². The van der Waals surface area contributed by atoms with Crippen LogP contribution in [0.2, 0.25) is 5.02 Å². The highest BCUT2D eigenvalue weighted by molar-refractivity contribution is 7.89. The summed E-state index contributed by atoms with van der Waals surface area (Å²) in [5.41, 5.74) is 2.89. The average Bonchev–Trinajstić information content (AvgIpc) is 3.38. The van der Waals surface area contributed by atoms with E-state index in [1.54, 1.807) is 60.3 Å². The molecule has 3 aromatic carbocycles. The fourth-order valence-electron chi connectivity index (χ4n) is 4.06. The van der Waals surface area contributed by atoms with Crippen molar-refractivity contribution < 1.29 is 27.4 Å². The summed E-state index contributed by atoms with van der Waals surface area (Å²) in [5, 5.41) is 3.36. The fraction of sp³-hybridized carbons (Fsp3) is 0.241. The molecule has 12 heteroatoms. The van der Waals surface area contributed by atoms with Crippen LogP contribution in [0.3, 0.4) is 0 Å². The van der Waals surface area contributed by atoms with Crippen LogP contribution >= 0.6 is 11.6 Å². The quantitative estimate of drug-likeness (QED) is 0.249. The number of hydrogen-bond donors (Lipinski definition) is 1. The normalized spacial score (nSPS) is 11.5. The number of carbonyl (C=O) groups is 1. The standard InChI is InChI=1S/C29H31ClN4O6S/c1-20-5-12-24(13-6-20)41(36,37)33(15-16-38-2)19-28(35)32-29-31-25(21-7-9-22(30)10-8-21)18-34(29)23-11-14-26(39-3)27(17-23)40-4/h5-14,17-18H,15-16,19H2,1-4H3,(H,31,32,35). The zero-order valence-corrected chi connectivity index (χ0v) is 24.7. The first-order valence-electron chi connectivity index (χ1n) is 12.6. The molecule has 0 saturated heterocycles. The summed E-state index contributed by atoms with van der Waals surface area (Å²) in [5.74, 6) is 0.632. The number of hydrogen-bond acceptors (Lipinski definition) is 7. The van der Waals surface area contributed by atoms with Crippen LogP contribution in [0.4, 0.5) is 5.95 Å². The molecule has 1 aromatic heterocycles. The number of aromatic nitrogens is 2. The summed E-state index contributed by atoms with van der Waals surface area (Å²) in [6.07, 6.45) is 1.76. The maximum Gasteiger partial charge on any atom is 0.243 e. The molecule has 0 aliphatic heterocycles. The molecule has 0 atom stereocenters. The molecule has 1 N–H and O–H groups in total. The van der Waals surface area contributed by atoms with Crippen LogP contribution in [0.5, 0.6) is 11.5 Å². The molecule has 0 bridgehead atoms. The summed E-state index contributed by atoms with van der Waals surface area (Å²) in [6.45, 7) is 1.51. The molecule has 4 aromatic rings. The van der Waals surface area contributed by atoms with Crippen molar-refractivity contribution in [3.8, 4) is 28.4 Å². The molecule has 0 aliphatic rings. The molecule has 0 spiro atoms. The van der Waals surface area contributed by atoms with Crippen molar-refractivity contribution in [1.82, 2.24) is 13.9 Å². The molecule has 0 saturated carbocycles. The smallest absolute Gasteiger partial charge is 0.243 e. The lowest BCUT2D eigenvalue weighted by Gasteiger charge is -2.21. The van der Waals surface area contributed by atoms with E-state index in [0.29, 0.717) is 27.9 Å². The number of benzene rings is 3. The van der Waals surface area contributed by atoms with E-state index in [1.165, 1.54) is 26.4 Å². The Morgan fingerprint density at radius 2 is 1.66 bits per heavy atom. The van der Waals surface area contributed by atoms with Crippen LogP contribution in [0.15, 0.2) is 77.8 Å². The second-order valence-corrected chi connectivity index (χ2v) is 11.4. The topological polar surface area (TPSA) is 112 Å². The van der Waals surface area contributed by atoms with Crippen molar-refractivity contribution in [2.45, 2.75) is 11.8 Å². The van der Waals surface area contributed by atoms with Crippen molar-refractivity contribution in [2.75, 3.05) is 46.3 Å². The monoisotopic (exact) mass is 598 g/mol. The molecule has 0 unspecified atom stereocenters. The van der Waals surface area contributed by atoms with Gasteiger partial charge in [-0.15, -0.1) is 0 Å². The number of nitrogens with zero attached hydrogens (tertiary/aromatic N) is 3.